The number of hydrogen-bond donors (Lipinski definition) is 3. The number of thiophene rings is 1. The van der Waals surface area contributed by atoms with E-state index >= 15 is 0 Å². The number of benzene rings is 1. The topological polar surface area (TPSA) is 133 Å². The Labute approximate surface area is 217 Å². The molecule has 9 nitrogen and oxygen atoms in total. The van der Waals surface area contributed by atoms with E-state index in [2.05, 4.69) is 9.44 Å². The van der Waals surface area contributed by atoms with Crippen molar-refractivity contribution in [2.75, 3.05) is 28.5 Å². The summed E-state index contributed by atoms with van der Waals surface area (Å²) in [7, 11) is -7.44. The molecule has 0 bridgehead atoms. The van der Waals surface area contributed by atoms with E-state index in [0.29, 0.717) is 17.8 Å². The van der Waals surface area contributed by atoms with Gasteiger partial charge in [-0.05, 0) is 63.4 Å². The van der Waals surface area contributed by atoms with Crippen LogP contribution in [-0.2, 0) is 25.5 Å². The van der Waals surface area contributed by atoms with Gasteiger partial charge in [0.15, 0.2) is 0 Å². The normalized spacial score (nSPS) is 17.8. The molecule has 1 saturated carbocycles. The maximum atomic E-state index is 13.6. The highest BCUT2D eigenvalue weighted by atomic mass is 32.2. The number of amides is 1. The minimum Gasteiger partial charge on any atom is -0.395 e. The molecule has 1 aromatic carbocycles. The Kier molecular flexibility index (Phi) is 7.30. The molecule has 1 aliphatic heterocycles. The van der Waals surface area contributed by atoms with Gasteiger partial charge in [0.1, 0.15) is 4.21 Å². The Morgan fingerprint density at radius 2 is 1.81 bits per heavy atom. The average Bonchev–Trinajstić information content (AvgIpc) is 3.37. The van der Waals surface area contributed by atoms with Crippen LogP contribution < -0.4 is 14.3 Å². The molecule has 36 heavy (non-hydrogen) atoms. The highest BCUT2D eigenvalue weighted by molar-refractivity contribution is 7.92. The van der Waals surface area contributed by atoms with E-state index < -0.39 is 37.9 Å². The van der Waals surface area contributed by atoms with E-state index in [-0.39, 0.29) is 15.5 Å². The minimum atomic E-state index is -3.75. The Morgan fingerprint density at radius 3 is 2.44 bits per heavy atom. The average molecular weight is 556 g/mol. The molecule has 12 heteroatoms. The fraction of sp³-hybridized carbons (Fsp3) is 0.542. The van der Waals surface area contributed by atoms with Crippen LogP contribution in [0.3, 0.4) is 0 Å². The second-order valence-electron chi connectivity index (χ2n) is 10.6. The van der Waals surface area contributed by atoms with Gasteiger partial charge in [-0.3, -0.25) is 9.52 Å². The Hall–Kier alpha value is -1.99. The lowest BCUT2D eigenvalue weighted by molar-refractivity contribution is 0.0982. The standard InChI is InChI=1S/C24H33N3O6S3/c1-23(2,3)26-36(32,33)21-13-17(15-34-21)22(29)27-16-24(9-5-4-6-10-24)19-14-18(7-8-20(19)27)25-35(30,31)12-11-28/h7-8,13-15,25-26,28H,4-6,9-12,16H2,1-3H3. The molecule has 1 aliphatic carbocycles. The molecule has 0 unspecified atom stereocenters. The van der Waals surface area contributed by atoms with Crippen LogP contribution in [0.5, 0.6) is 0 Å². The van der Waals surface area contributed by atoms with E-state index in [4.69, 9.17) is 5.11 Å². The second-order valence-corrected chi connectivity index (χ2v) is 15.3. The molecule has 0 radical (unpaired) electrons. The van der Waals surface area contributed by atoms with Crippen LogP contribution in [-0.4, -0.2) is 52.3 Å². The molecule has 2 heterocycles. The maximum absolute atomic E-state index is 13.6. The van der Waals surface area contributed by atoms with Gasteiger partial charge in [0.2, 0.25) is 10.0 Å². The summed E-state index contributed by atoms with van der Waals surface area (Å²) < 4.78 is 55.1. The molecule has 4 rings (SSSR count). The summed E-state index contributed by atoms with van der Waals surface area (Å²) in [5, 5.41) is 10.6. The number of nitrogens with zero attached hydrogens (tertiary/aromatic N) is 1. The zero-order valence-electron chi connectivity index (χ0n) is 20.7. The third-order valence-electron chi connectivity index (χ3n) is 6.54. The van der Waals surface area contributed by atoms with Gasteiger partial charge in [-0.1, -0.05) is 19.3 Å². The highest BCUT2D eigenvalue weighted by Crippen LogP contribution is 2.50. The predicted octanol–water partition coefficient (Wildman–Crippen LogP) is 3.42. The van der Waals surface area contributed by atoms with Crippen LogP contribution in [0, 0.1) is 0 Å². The number of aliphatic hydroxyl groups is 1. The second kappa shape index (κ2) is 9.71. The molecule has 198 valence electrons. The van der Waals surface area contributed by atoms with Crippen molar-refractivity contribution in [3.8, 4) is 0 Å². The fourth-order valence-electron chi connectivity index (χ4n) is 5.10. The van der Waals surface area contributed by atoms with Gasteiger partial charge in [-0.2, -0.15) is 0 Å². The molecule has 0 saturated heterocycles. The SMILES string of the molecule is CC(C)(C)NS(=O)(=O)c1cc(C(=O)N2CC3(CCCCC3)c3cc(NS(=O)(=O)CCO)ccc32)cs1. The van der Waals surface area contributed by atoms with Gasteiger partial charge in [0.05, 0.1) is 17.9 Å². The van der Waals surface area contributed by atoms with E-state index in [0.717, 1.165) is 54.7 Å². The van der Waals surface area contributed by atoms with Crippen molar-refractivity contribution < 1.29 is 26.7 Å². The third-order valence-corrected chi connectivity index (χ3v) is 11.0. The molecule has 1 fully saturated rings. The first-order valence-electron chi connectivity index (χ1n) is 12.0. The van der Waals surface area contributed by atoms with E-state index in [1.54, 1.807) is 49.3 Å². The number of anilines is 2. The van der Waals surface area contributed by atoms with Gasteiger partial charge < -0.3 is 10.0 Å². The molecular formula is C24H33N3O6S3. The summed E-state index contributed by atoms with van der Waals surface area (Å²) >= 11 is 1.01. The summed E-state index contributed by atoms with van der Waals surface area (Å²) in [6.07, 6.45) is 4.91. The lowest BCUT2D eigenvalue weighted by Gasteiger charge is -2.34. The van der Waals surface area contributed by atoms with Gasteiger partial charge in [-0.15, -0.1) is 11.3 Å². The van der Waals surface area contributed by atoms with Crippen LogP contribution in [0.1, 0.15) is 68.8 Å². The lowest BCUT2D eigenvalue weighted by atomic mass is 9.70. The summed E-state index contributed by atoms with van der Waals surface area (Å²) in [5.41, 5.74) is 1.43. The summed E-state index contributed by atoms with van der Waals surface area (Å²) in [5.74, 6) is -0.673. The molecule has 3 N–H and O–H groups in total. The van der Waals surface area contributed by atoms with Crippen molar-refractivity contribution in [1.82, 2.24) is 4.72 Å². The van der Waals surface area contributed by atoms with Gasteiger partial charge in [-0.25, -0.2) is 21.6 Å². The van der Waals surface area contributed by atoms with Crippen molar-refractivity contribution in [2.45, 2.75) is 68.0 Å². The first-order chi connectivity index (χ1) is 16.8. The quantitative estimate of drug-likeness (QED) is 0.480. The van der Waals surface area contributed by atoms with Gasteiger partial charge in [0.25, 0.3) is 15.9 Å². The molecule has 1 aromatic heterocycles. The molecule has 1 spiro atoms. The number of nitrogens with one attached hydrogen (secondary N) is 2. The van der Waals surface area contributed by atoms with Crippen molar-refractivity contribution >= 4 is 48.7 Å². The van der Waals surface area contributed by atoms with E-state index in [1.165, 1.54) is 6.07 Å². The van der Waals surface area contributed by atoms with Crippen LogP contribution in [0.4, 0.5) is 11.4 Å². The minimum absolute atomic E-state index is 0.0845. The highest BCUT2D eigenvalue weighted by Gasteiger charge is 2.45. The Bertz CT molecular complexity index is 1350. The van der Waals surface area contributed by atoms with Crippen LogP contribution >= 0.6 is 11.3 Å². The zero-order chi connectivity index (χ0) is 26.4. The molecule has 2 aliphatic rings. The lowest BCUT2D eigenvalue weighted by Crippen LogP contribution is -2.40. The van der Waals surface area contributed by atoms with Crippen LogP contribution in [0.15, 0.2) is 33.9 Å². The van der Waals surface area contributed by atoms with Crippen molar-refractivity contribution in [3.05, 3.63) is 40.8 Å². The number of sulfonamides is 2. The Balaban J connectivity index is 1.67. The number of carbonyl (C=O) groups excluding carboxylic acids is 1. The summed E-state index contributed by atoms with van der Waals surface area (Å²) in [6, 6.07) is 6.59. The summed E-state index contributed by atoms with van der Waals surface area (Å²) in [4.78, 5) is 15.3. The first-order valence-corrected chi connectivity index (χ1v) is 16.0. The molecule has 2 aromatic rings. The van der Waals surface area contributed by atoms with Crippen molar-refractivity contribution in [1.29, 1.82) is 0 Å². The largest absolute Gasteiger partial charge is 0.395 e. The molecule has 0 atom stereocenters. The van der Waals surface area contributed by atoms with Crippen molar-refractivity contribution in [2.24, 2.45) is 0 Å². The van der Waals surface area contributed by atoms with E-state index in [1.807, 2.05) is 0 Å². The van der Waals surface area contributed by atoms with Gasteiger partial charge in [0, 0.05) is 34.3 Å². The van der Waals surface area contributed by atoms with Crippen LogP contribution in [0.25, 0.3) is 0 Å². The third kappa shape index (κ3) is 5.62. The Morgan fingerprint density at radius 1 is 1.11 bits per heavy atom. The van der Waals surface area contributed by atoms with Gasteiger partial charge >= 0.3 is 0 Å². The fourth-order valence-corrected chi connectivity index (χ4v) is 8.50. The number of hydrogen-bond acceptors (Lipinski definition) is 7. The van der Waals surface area contributed by atoms with Crippen LogP contribution in [0.2, 0.25) is 0 Å². The number of aliphatic hydroxyl groups excluding tert-OH is 1. The number of fused-ring (bicyclic) bond motifs is 2. The summed E-state index contributed by atoms with van der Waals surface area (Å²) in [6.45, 7) is 5.26. The monoisotopic (exact) mass is 555 g/mol. The first kappa shape index (κ1) is 27.1. The number of rotatable bonds is 7. The predicted molar refractivity (Wildman–Crippen MR) is 142 cm³/mol. The molecule has 1 amide bonds. The zero-order valence-corrected chi connectivity index (χ0v) is 23.2. The number of carbonyl (C=O) groups is 1. The van der Waals surface area contributed by atoms with E-state index in [9.17, 15) is 21.6 Å². The molecular weight excluding hydrogens is 522 g/mol. The van der Waals surface area contributed by atoms with Crippen molar-refractivity contribution in [3.63, 3.8) is 0 Å². The smallest absolute Gasteiger partial charge is 0.259 e. The maximum Gasteiger partial charge on any atom is 0.259 e.